The summed E-state index contributed by atoms with van der Waals surface area (Å²) in [6.45, 7) is 0.0738. The van der Waals surface area contributed by atoms with Crippen LogP contribution in [0.25, 0.3) is 17.2 Å². The molecule has 1 aliphatic rings. The van der Waals surface area contributed by atoms with Gasteiger partial charge in [0.25, 0.3) is 28.4 Å². The van der Waals surface area contributed by atoms with Gasteiger partial charge in [-0.3, -0.25) is 19.2 Å². The van der Waals surface area contributed by atoms with E-state index < -0.39 is 22.7 Å². The number of nitrogens with two attached hydrogens (primary N) is 1. The van der Waals surface area contributed by atoms with Gasteiger partial charge in [-0.2, -0.15) is 5.21 Å². The number of nitrogens with one attached hydrogen (secondary N) is 4. The fourth-order valence-corrected chi connectivity index (χ4v) is 5.49. The predicted octanol–water partition coefficient (Wildman–Crippen LogP) is 1.50. The van der Waals surface area contributed by atoms with Gasteiger partial charge in [-0.15, -0.1) is 10.2 Å². The Hall–Kier alpha value is -6.10. The second-order valence-electron chi connectivity index (χ2n) is 10.3. The molecule has 17 heteroatoms. The van der Waals surface area contributed by atoms with Crippen molar-refractivity contribution < 1.29 is 14.1 Å². The fraction of sp³-hybridized carbons (Fsp3) is 0.143. The molecule has 1 atom stereocenters. The van der Waals surface area contributed by atoms with Crippen LogP contribution in [0.1, 0.15) is 50.1 Å². The number of carbonyl (C=O) groups is 2. The van der Waals surface area contributed by atoms with Crippen LogP contribution in [0.15, 0.2) is 62.6 Å². The Morgan fingerprint density at radius 3 is 2.78 bits per heavy atom. The van der Waals surface area contributed by atoms with Crippen molar-refractivity contribution in [2.24, 2.45) is 0 Å². The number of tetrazole rings is 1. The van der Waals surface area contributed by atoms with Crippen LogP contribution in [0.4, 0.5) is 17.1 Å². The number of benzene rings is 2. The maximum Gasteiger partial charge on any atom is 0.303 e. The first kappa shape index (κ1) is 27.7. The summed E-state index contributed by atoms with van der Waals surface area (Å²) in [4.78, 5) is 54.1. The third-order valence-electron chi connectivity index (χ3n) is 7.51. The molecule has 3 aromatic carbocycles. The van der Waals surface area contributed by atoms with E-state index in [2.05, 4.69) is 46.7 Å². The van der Waals surface area contributed by atoms with Gasteiger partial charge in [-0.25, -0.2) is 9.38 Å². The number of rotatable bonds is 8. The number of nitrogen functional groups attached to an aromatic ring is 1. The summed E-state index contributed by atoms with van der Waals surface area (Å²) in [5, 5.41) is 26.5. The van der Waals surface area contributed by atoms with Crippen LogP contribution in [-0.2, 0) is 13.0 Å². The van der Waals surface area contributed by atoms with Crippen molar-refractivity contribution in [2.45, 2.75) is 25.4 Å². The average Bonchev–Trinajstić information content (AvgIpc) is 3.82. The highest BCUT2D eigenvalue weighted by Gasteiger charge is 2.27. The maximum atomic E-state index is 13.4. The number of aryl methyl sites for hydroxylation is 1. The van der Waals surface area contributed by atoms with Crippen molar-refractivity contribution in [1.29, 1.82) is 0 Å². The molecule has 7 rings (SSSR count). The van der Waals surface area contributed by atoms with Gasteiger partial charge in [0.15, 0.2) is 0 Å². The molecule has 0 bridgehead atoms. The van der Waals surface area contributed by atoms with E-state index in [0.29, 0.717) is 23.5 Å². The van der Waals surface area contributed by atoms with E-state index in [1.807, 2.05) is 18.2 Å². The van der Waals surface area contributed by atoms with Crippen molar-refractivity contribution in [1.82, 2.24) is 45.8 Å². The highest BCUT2D eigenvalue weighted by molar-refractivity contribution is 7.71. The number of anilines is 3. The van der Waals surface area contributed by atoms with Gasteiger partial charge in [0.05, 0.1) is 6.04 Å². The van der Waals surface area contributed by atoms with Crippen LogP contribution in [0.2, 0.25) is 0 Å². The van der Waals surface area contributed by atoms with E-state index in [4.69, 9.17) is 22.5 Å². The van der Waals surface area contributed by atoms with Crippen molar-refractivity contribution in [3.05, 3.63) is 102 Å². The Morgan fingerprint density at radius 2 is 1.98 bits per heavy atom. The van der Waals surface area contributed by atoms with Crippen molar-refractivity contribution in [3.63, 3.8) is 0 Å². The summed E-state index contributed by atoms with van der Waals surface area (Å²) < 4.78 is 6.32. The van der Waals surface area contributed by atoms with Crippen molar-refractivity contribution >= 4 is 46.9 Å². The van der Waals surface area contributed by atoms with E-state index in [0.717, 1.165) is 23.1 Å². The zero-order valence-corrected chi connectivity index (χ0v) is 23.8. The normalized spacial score (nSPS) is 14.0. The standard InChI is InChI=1S/C28H21N11O5S/c29-20-21(23(41)22(20)40)31-15-3-1-2-12(8-15)11-30-26(43)19-10-18(33-27-36-44-28(45)39(19)27)25(42)32-17-7-5-13-9-14(4-6-16(13)17)24-34-37-38-35-24/h1-4,6,8-10,17,31H,5,7,11,29H2,(H,30,43)(H,32,42)(H,34,35,37,38)/t17-/m0/s1. The largest absolute Gasteiger partial charge is 0.394 e. The second-order valence-corrected chi connectivity index (χ2v) is 10.6. The summed E-state index contributed by atoms with van der Waals surface area (Å²) in [5.74, 6) is -0.640. The number of nitrogens with zero attached hydrogens (tertiary/aromatic N) is 6. The number of H-pyrrole nitrogens is 1. The second kappa shape index (κ2) is 10.9. The smallest absolute Gasteiger partial charge is 0.303 e. The molecule has 3 aromatic heterocycles. The number of amides is 2. The van der Waals surface area contributed by atoms with Gasteiger partial charge in [0.1, 0.15) is 22.8 Å². The minimum absolute atomic E-state index is 0.00115. The molecular weight excluding hydrogens is 602 g/mol. The van der Waals surface area contributed by atoms with E-state index in [1.165, 1.54) is 10.5 Å². The van der Waals surface area contributed by atoms with Crippen LogP contribution < -0.4 is 32.5 Å². The average molecular weight is 624 g/mol. The number of fused-ring (bicyclic) bond motifs is 2. The molecule has 0 fully saturated rings. The van der Waals surface area contributed by atoms with Crippen LogP contribution in [0.5, 0.6) is 0 Å². The Kier molecular flexibility index (Phi) is 6.70. The summed E-state index contributed by atoms with van der Waals surface area (Å²) >= 11 is 5.21. The lowest BCUT2D eigenvalue weighted by Gasteiger charge is -2.15. The van der Waals surface area contributed by atoms with E-state index in [1.54, 1.807) is 24.3 Å². The third-order valence-corrected chi connectivity index (χ3v) is 7.77. The Morgan fingerprint density at radius 1 is 1.11 bits per heavy atom. The number of carbonyl (C=O) groups excluding carboxylic acids is 2. The van der Waals surface area contributed by atoms with Crippen LogP contribution in [-0.4, -0.2) is 47.0 Å². The minimum atomic E-state index is -0.728. The van der Waals surface area contributed by atoms with Crippen LogP contribution in [0.3, 0.4) is 0 Å². The SMILES string of the molecule is Nc1c(Nc2cccc(CNC(=O)c3cc(C(=O)N[C@H]4CCc5cc(-c6nn[nH]n6)ccc54)nc4noc(=S)n34)c2)c(=O)c1=O. The van der Waals surface area contributed by atoms with Gasteiger partial charge in [-0.1, -0.05) is 24.3 Å². The molecule has 0 spiro atoms. The summed E-state index contributed by atoms with van der Waals surface area (Å²) in [6, 6.07) is 13.7. The number of hydrogen-bond donors (Lipinski definition) is 5. The van der Waals surface area contributed by atoms with E-state index >= 15 is 0 Å². The first-order valence-electron chi connectivity index (χ1n) is 13.6. The molecule has 0 saturated carbocycles. The topological polar surface area (TPSA) is 228 Å². The first-order chi connectivity index (χ1) is 21.8. The summed E-state index contributed by atoms with van der Waals surface area (Å²) in [5.41, 5.74) is 8.05. The number of aromatic nitrogens is 7. The molecule has 0 radical (unpaired) electrons. The molecule has 16 nitrogen and oxygen atoms in total. The third kappa shape index (κ3) is 4.99. The molecule has 0 aliphatic heterocycles. The van der Waals surface area contributed by atoms with E-state index in [-0.39, 0.29) is 46.0 Å². The van der Waals surface area contributed by atoms with Crippen LogP contribution >= 0.6 is 12.2 Å². The number of aromatic amines is 1. The zero-order chi connectivity index (χ0) is 31.2. The lowest BCUT2D eigenvalue weighted by molar-refractivity contribution is 0.0931. The molecule has 1 aliphatic carbocycles. The van der Waals surface area contributed by atoms with Gasteiger partial charge < -0.3 is 26.2 Å². The highest BCUT2D eigenvalue weighted by Crippen LogP contribution is 2.33. The molecule has 224 valence electrons. The lowest BCUT2D eigenvalue weighted by atomic mass is 10.0. The predicted molar refractivity (Wildman–Crippen MR) is 161 cm³/mol. The summed E-state index contributed by atoms with van der Waals surface area (Å²) in [7, 11) is 0. The van der Waals surface area contributed by atoms with Gasteiger partial charge >= 0.3 is 4.84 Å². The Bertz CT molecular complexity index is 2270. The first-order valence-corrected chi connectivity index (χ1v) is 14.0. The fourth-order valence-electron chi connectivity index (χ4n) is 5.27. The van der Waals surface area contributed by atoms with E-state index in [9.17, 15) is 19.2 Å². The zero-order valence-electron chi connectivity index (χ0n) is 23.0. The highest BCUT2D eigenvalue weighted by atomic mass is 32.1. The Balaban J connectivity index is 1.08. The molecule has 45 heavy (non-hydrogen) atoms. The molecule has 3 heterocycles. The number of hydrogen-bond acceptors (Lipinski definition) is 13. The molecule has 0 saturated heterocycles. The van der Waals surface area contributed by atoms with Crippen molar-refractivity contribution in [3.8, 4) is 11.4 Å². The quantitative estimate of drug-likeness (QED) is 0.120. The molecule has 6 aromatic rings. The minimum Gasteiger partial charge on any atom is -0.394 e. The monoisotopic (exact) mass is 623 g/mol. The molecule has 0 unspecified atom stereocenters. The van der Waals surface area contributed by atoms with Gasteiger partial charge in [-0.05, 0) is 76.4 Å². The molecular formula is C28H21N11O5S. The summed E-state index contributed by atoms with van der Waals surface area (Å²) in [6.07, 6.45) is 1.41. The molecule has 6 N–H and O–H groups in total. The maximum absolute atomic E-state index is 13.4. The van der Waals surface area contributed by atoms with Crippen LogP contribution in [0, 0.1) is 4.84 Å². The Labute approximate surface area is 256 Å². The lowest BCUT2D eigenvalue weighted by Crippen LogP contribution is -2.36. The molecule has 2 amide bonds. The van der Waals surface area contributed by atoms with Gasteiger partial charge in [0, 0.05) is 17.8 Å². The van der Waals surface area contributed by atoms with Crippen molar-refractivity contribution in [2.75, 3.05) is 11.1 Å². The van der Waals surface area contributed by atoms with Gasteiger partial charge in [0.2, 0.25) is 5.82 Å².